The molecule has 0 atom stereocenters. The minimum atomic E-state index is 0.387. The maximum atomic E-state index is 6.19. The first kappa shape index (κ1) is 20.6. The van der Waals surface area contributed by atoms with E-state index in [1.165, 1.54) is 0 Å². The van der Waals surface area contributed by atoms with Crippen molar-refractivity contribution >= 4 is 40.7 Å². The minimum absolute atomic E-state index is 0.387. The third kappa shape index (κ3) is 5.94. The lowest BCUT2D eigenvalue weighted by molar-refractivity contribution is 0.385. The first-order valence-electron chi connectivity index (χ1n) is 9.56. The highest BCUT2D eigenvalue weighted by Crippen LogP contribution is 2.22. The van der Waals surface area contributed by atoms with E-state index in [-0.39, 0.29) is 0 Å². The van der Waals surface area contributed by atoms with Crippen LogP contribution in [0.25, 0.3) is 0 Å². The van der Waals surface area contributed by atoms with Crippen molar-refractivity contribution in [2.24, 2.45) is 0 Å². The smallest absolute Gasteiger partial charge is 0.224 e. The Kier molecular flexibility index (Phi) is 7.28. The monoisotopic (exact) mass is 418 g/mol. The Morgan fingerprint density at radius 3 is 2.57 bits per heavy atom. The predicted octanol–water partition coefficient (Wildman–Crippen LogP) is 3.58. The second-order valence-electron chi connectivity index (χ2n) is 7.24. The number of aromatic nitrogens is 2. The Bertz CT molecular complexity index is 792. The third-order valence-electron chi connectivity index (χ3n) is 4.89. The molecule has 1 aliphatic rings. The zero-order valence-electron chi connectivity index (χ0n) is 16.3. The van der Waals surface area contributed by atoms with E-state index < -0.39 is 0 Å². The average Bonchev–Trinajstić information content (AvgIpc) is 2.69. The van der Waals surface area contributed by atoms with Gasteiger partial charge in [0.05, 0.1) is 0 Å². The zero-order valence-corrected chi connectivity index (χ0v) is 17.9. The van der Waals surface area contributed by atoms with Crippen LogP contribution in [0, 0.1) is 0 Å². The van der Waals surface area contributed by atoms with E-state index in [9.17, 15) is 0 Å². The number of nitrogens with one attached hydrogen (secondary N) is 3. The van der Waals surface area contributed by atoms with Crippen molar-refractivity contribution in [2.75, 3.05) is 24.3 Å². The fourth-order valence-electron chi connectivity index (χ4n) is 3.29. The molecule has 3 rings (SSSR count). The van der Waals surface area contributed by atoms with E-state index >= 15 is 0 Å². The summed E-state index contributed by atoms with van der Waals surface area (Å²) in [5.41, 5.74) is 1.04. The maximum Gasteiger partial charge on any atom is 0.224 e. The number of hydrogen-bond donors (Lipinski definition) is 3. The molecule has 1 aromatic carbocycles. The average molecular weight is 419 g/mol. The van der Waals surface area contributed by atoms with Crippen LogP contribution >= 0.6 is 23.8 Å². The van der Waals surface area contributed by atoms with Gasteiger partial charge < -0.3 is 20.9 Å². The third-order valence-corrected chi connectivity index (χ3v) is 5.52. The highest BCUT2D eigenvalue weighted by atomic mass is 35.5. The summed E-state index contributed by atoms with van der Waals surface area (Å²) in [5.74, 6) is 1.60. The van der Waals surface area contributed by atoms with E-state index in [0.29, 0.717) is 29.7 Å². The maximum absolute atomic E-state index is 6.19. The molecular weight excluding hydrogens is 392 g/mol. The number of thiocarbonyl (C=S) groups is 1. The molecule has 0 unspecified atom stereocenters. The topological polar surface area (TPSA) is 65.1 Å². The van der Waals surface area contributed by atoms with Gasteiger partial charge in [0.15, 0.2) is 5.11 Å². The summed E-state index contributed by atoms with van der Waals surface area (Å²) in [6.45, 7) is 0.627. The minimum Gasteiger partial charge on any atom is -0.363 e. The molecule has 1 aliphatic carbocycles. The molecule has 1 fully saturated rings. The van der Waals surface area contributed by atoms with E-state index in [4.69, 9.17) is 23.8 Å². The molecular formula is C20H27ClN6S. The van der Waals surface area contributed by atoms with Crippen molar-refractivity contribution in [3.8, 4) is 0 Å². The van der Waals surface area contributed by atoms with Crippen LogP contribution in [0.2, 0.25) is 5.02 Å². The molecule has 2 aromatic rings. The first-order valence-corrected chi connectivity index (χ1v) is 10.3. The van der Waals surface area contributed by atoms with Crippen LogP contribution in [0.4, 0.5) is 11.8 Å². The van der Waals surface area contributed by atoms with Gasteiger partial charge in [-0.3, -0.25) is 0 Å². The van der Waals surface area contributed by atoms with Crippen LogP contribution < -0.4 is 20.9 Å². The number of rotatable bonds is 6. The summed E-state index contributed by atoms with van der Waals surface area (Å²) in [6, 6.07) is 10.5. The lowest BCUT2D eigenvalue weighted by Gasteiger charge is -2.30. The summed E-state index contributed by atoms with van der Waals surface area (Å²) >= 11 is 11.6. The Morgan fingerprint density at radius 1 is 1.14 bits per heavy atom. The van der Waals surface area contributed by atoms with Gasteiger partial charge in [0, 0.05) is 43.9 Å². The largest absolute Gasteiger partial charge is 0.363 e. The van der Waals surface area contributed by atoms with Crippen molar-refractivity contribution in [3.63, 3.8) is 0 Å². The Balaban J connectivity index is 1.41. The summed E-state index contributed by atoms with van der Waals surface area (Å²) in [5, 5.41) is 11.6. The van der Waals surface area contributed by atoms with Crippen molar-refractivity contribution in [2.45, 2.75) is 44.3 Å². The van der Waals surface area contributed by atoms with Crippen molar-refractivity contribution < 1.29 is 0 Å². The van der Waals surface area contributed by atoms with Gasteiger partial charge in [-0.05, 0) is 55.6 Å². The van der Waals surface area contributed by atoms with Gasteiger partial charge in [-0.25, -0.2) is 4.98 Å². The summed E-state index contributed by atoms with van der Waals surface area (Å²) in [6.07, 6.45) is 6.01. The van der Waals surface area contributed by atoms with Crippen LogP contribution in [0.15, 0.2) is 36.5 Å². The lowest BCUT2D eigenvalue weighted by Crippen LogP contribution is -2.44. The van der Waals surface area contributed by atoms with Gasteiger partial charge in [0.25, 0.3) is 0 Å². The number of nitrogens with zero attached hydrogens (tertiary/aromatic N) is 3. The molecule has 1 saturated carbocycles. The number of hydrogen-bond acceptors (Lipinski definition) is 5. The molecule has 3 N–H and O–H groups in total. The summed E-state index contributed by atoms with van der Waals surface area (Å²) in [4.78, 5) is 10.9. The van der Waals surface area contributed by atoms with Crippen molar-refractivity contribution in [1.82, 2.24) is 20.6 Å². The van der Waals surface area contributed by atoms with Gasteiger partial charge in [0.2, 0.25) is 5.95 Å². The number of anilines is 2. The van der Waals surface area contributed by atoms with Crippen molar-refractivity contribution in [1.29, 1.82) is 0 Å². The fraction of sp³-hybridized carbons (Fsp3) is 0.450. The number of halogens is 1. The Hall–Kier alpha value is -2.12. The molecule has 1 aromatic heterocycles. The van der Waals surface area contributed by atoms with E-state index in [1.54, 1.807) is 6.20 Å². The second-order valence-corrected chi connectivity index (χ2v) is 8.06. The first-order chi connectivity index (χ1) is 13.5. The highest BCUT2D eigenvalue weighted by Gasteiger charge is 2.22. The van der Waals surface area contributed by atoms with Crippen LogP contribution in [-0.4, -0.2) is 41.3 Å². The van der Waals surface area contributed by atoms with E-state index in [2.05, 4.69) is 25.9 Å². The molecule has 1 heterocycles. The van der Waals surface area contributed by atoms with Gasteiger partial charge in [-0.2, -0.15) is 4.98 Å². The van der Waals surface area contributed by atoms with E-state index in [0.717, 1.165) is 42.1 Å². The number of benzene rings is 1. The summed E-state index contributed by atoms with van der Waals surface area (Å²) in [7, 11) is 3.96. The molecule has 0 saturated heterocycles. The van der Waals surface area contributed by atoms with E-state index in [1.807, 2.05) is 49.3 Å². The molecule has 0 spiro atoms. The van der Waals surface area contributed by atoms with Crippen LogP contribution in [-0.2, 0) is 6.54 Å². The molecule has 0 radical (unpaired) electrons. The Labute approximate surface area is 177 Å². The summed E-state index contributed by atoms with van der Waals surface area (Å²) < 4.78 is 0. The van der Waals surface area contributed by atoms with Crippen molar-refractivity contribution in [3.05, 3.63) is 47.1 Å². The van der Waals surface area contributed by atoms with Gasteiger partial charge in [-0.1, -0.05) is 29.8 Å². The molecule has 28 heavy (non-hydrogen) atoms. The molecule has 6 nitrogen and oxygen atoms in total. The van der Waals surface area contributed by atoms with Gasteiger partial charge in [-0.15, -0.1) is 0 Å². The zero-order chi connectivity index (χ0) is 19.9. The van der Waals surface area contributed by atoms with Gasteiger partial charge in [0.1, 0.15) is 5.82 Å². The lowest BCUT2D eigenvalue weighted by atomic mass is 9.91. The van der Waals surface area contributed by atoms with Crippen LogP contribution in [0.3, 0.4) is 0 Å². The molecule has 8 heteroatoms. The SMILES string of the molecule is CN(C)c1ccnc(N[C@H]2CC[C@@H](NC(=S)NCc3ccccc3Cl)CC2)n1. The standard InChI is InChI=1S/C20H27ClN6S/c1-27(2)18-11-12-22-19(26-18)24-15-7-9-16(10-8-15)25-20(28)23-13-14-5-3-4-6-17(14)21/h3-6,11-12,15-16H,7-10,13H2,1-2H3,(H,22,24,26)(H2,23,25,28)/t15-,16+. The quantitative estimate of drug-likeness (QED) is 0.619. The molecule has 0 bridgehead atoms. The molecule has 0 aliphatic heterocycles. The Morgan fingerprint density at radius 2 is 1.86 bits per heavy atom. The molecule has 150 valence electrons. The van der Waals surface area contributed by atoms with Crippen LogP contribution in [0.5, 0.6) is 0 Å². The van der Waals surface area contributed by atoms with Crippen LogP contribution in [0.1, 0.15) is 31.2 Å². The molecule has 0 amide bonds. The highest BCUT2D eigenvalue weighted by molar-refractivity contribution is 7.80. The fourth-order valence-corrected chi connectivity index (χ4v) is 3.73. The predicted molar refractivity (Wildman–Crippen MR) is 120 cm³/mol. The second kappa shape index (κ2) is 9.89. The van der Waals surface area contributed by atoms with Gasteiger partial charge >= 0.3 is 0 Å². The normalized spacial score (nSPS) is 19.0.